The fraction of sp³-hybridized carbons (Fsp3) is 0.316. The molecule has 7 heteroatoms. The zero-order chi connectivity index (χ0) is 18.4. The summed E-state index contributed by atoms with van der Waals surface area (Å²) < 4.78 is 27.0. The zero-order valence-electron chi connectivity index (χ0n) is 14.4. The second-order valence-corrected chi connectivity index (χ2v) is 8.10. The number of sulfonamides is 1. The van der Waals surface area contributed by atoms with Crippen molar-refractivity contribution in [2.75, 3.05) is 13.1 Å². The topological polar surface area (TPSA) is 87.3 Å². The van der Waals surface area contributed by atoms with E-state index in [1.165, 1.54) is 0 Å². The lowest BCUT2D eigenvalue weighted by molar-refractivity contribution is 0.0929. The van der Waals surface area contributed by atoms with Crippen LogP contribution in [0.15, 0.2) is 59.5 Å². The summed E-state index contributed by atoms with van der Waals surface area (Å²) in [5, 5.41) is 6.31. The molecule has 0 bridgehead atoms. The first-order valence-corrected chi connectivity index (χ1v) is 10.2. The van der Waals surface area contributed by atoms with Crippen LogP contribution in [0.1, 0.15) is 28.8 Å². The van der Waals surface area contributed by atoms with Gasteiger partial charge in [0.05, 0.1) is 4.90 Å². The Morgan fingerprint density at radius 3 is 2.31 bits per heavy atom. The molecule has 26 heavy (non-hydrogen) atoms. The van der Waals surface area contributed by atoms with Crippen LogP contribution in [0.5, 0.6) is 0 Å². The minimum absolute atomic E-state index is 0.0895. The van der Waals surface area contributed by atoms with Gasteiger partial charge in [0.1, 0.15) is 0 Å². The van der Waals surface area contributed by atoms with E-state index in [1.807, 2.05) is 0 Å². The second-order valence-electron chi connectivity index (χ2n) is 6.33. The summed E-state index contributed by atoms with van der Waals surface area (Å²) in [6.07, 6.45) is 1.87. The third-order valence-corrected chi connectivity index (χ3v) is 5.83. The summed E-state index contributed by atoms with van der Waals surface area (Å²) >= 11 is 0. The molecular formula is C19H23N3O3S. The third kappa shape index (κ3) is 4.91. The summed E-state index contributed by atoms with van der Waals surface area (Å²) in [7, 11) is -3.54. The minimum atomic E-state index is -3.54. The Labute approximate surface area is 154 Å². The van der Waals surface area contributed by atoms with Crippen LogP contribution >= 0.6 is 0 Å². The van der Waals surface area contributed by atoms with E-state index < -0.39 is 10.0 Å². The molecular weight excluding hydrogens is 350 g/mol. The van der Waals surface area contributed by atoms with Gasteiger partial charge in [-0.2, -0.15) is 0 Å². The predicted molar refractivity (Wildman–Crippen MR) is 100 cm³/mol. The molecule has 6 nitrogen and oxygen atoms in total. The van der Waals surface area contributed by atoms with Crippen LogP contribution in [0.2, 0.25) is 0 Å². The van der Waals surface area contributed by atoms with Gasteiger partial charge < -0.3 is 10.6 Å². The lowest BCUT2D eigenvalue weighted by Crippen LogP contribution is -2.42. The van der Waals surface area contributed by atoms with Crippen molar-refractivity contribution >= 4 is 15.9 Å². The smallest absolute Gasteiger partial charge is 0.251 e. The Hall–Kier alpha value is -2.22. The maximum absolute atomic E-state index is 12.3. The number of piperidine rings is 1. The van der Waals surface area contributed by atoms with Gasteiger partial charge in [-0.1, -0.05) is 30.3 Å². The molecule has 1 amide bonds. The summed E-state index contributed by atoms with van der Waals surface area (Å²) in [4.78, 5) is 12.5. The molecule has 0 aromatic heterocycles. The average Bonchev–Trinajstić information content (AvgIpc) is 2.68. The van der Waals surface area contributed by atoms with Crippen molar-refractivity contribution in [1.29, 1.82) is 0 Å². The van der Waals surface area contributed by atoms with Crippen LogP contribution in [0, 0.1) is 0 Å². The highest BCUT2D eigenvalue weighted by atomic mass is 32.2. The number of hydrogen-bond donors (Lipinski definition) is 3. The van der Waals surface area contributed by atoms with Gasteiger partial charge in [0.2, 0.25) is 10.0 Å². The van der Waals surface area contributed by atoms with Gasteiger partial charge in [0, 0.05) is 18.2 Å². The zero-order valence-corrected chi connectivity index (χ0v) is 15.3. The highest BCUT2D eigenvalue weighted by molar-refractivity contribution is 7.89. The number of carbonyl (C=O) groups excluding carboxylic acids is 1. The lowest BCUT2D eigenvalue weighted by atomic mass is 10.1. The molecule has 2 aromatic rings. The maximum atomic E-state index is 12.3. The van der Waals surface area contributed by atoms with E-state index in [9.17, 15) is 13.2 Å². The standard InChI is InChI=1S/C19H23N3O3S/c23-19(22-17-10-12-20-13-11-17)16-8-6-15(7-9-16)14-21-26(24,25)18-4-2-1-3-5-18/h1-9,17,20-21H,10-14H2,(H,22,23). The molecule has 1 fully saturated rings. The molecule has 0 atom stereocenters. The molecule has 1 heterocycles. The van der Waals surface area contributed by atoms with Crippen molar-refractivity contribution < 1.29 is 13.2 Å². The summed E-state index contributed by atoms with van der Waals surface area (Å²) in [5.74, 6) is -0.0895. The number of carbonyl (C=O) groups is 1. The number of nitrogens with one attached hydrogen (secondary N) is 3. The van der Waals surface area contributed by atoms with Crippen molar-refractivity contribution in [1.82, 2.24) is 15.4 Å². The Morgan fingerprint density at radius 1 is 1.00 bits per heavy atom. The first-order valence-electron chi connectivity index (χ1n) is 8.70. The fourth-order valence-corrected chi connectivity index (χ4v) is 3.91. The Balaban J connectivity index is 1.56. The van der Waals surface area contributed by atoms with E-state index in [4.69, 9.17) is 0 Å². The molecule has 1 aliphatic rings. The number of rotatable bonds is 6. The second kappa shape index (κ2) is 8.44. The lowest BCUT2D eigenvalue weighted by Gasteiger charge is -2.23. The Kier molecular flexibility index (Phi) is 6.03. The van der Waals surface area contributed by atoms with Gasteiger partial charge in [-0.05, 0) is 55.8 Å². The predicted octanol–water partition coefficient (Wildman–Crippen LogP) is 1.65. The van der Waals surface area contributed by atoms with Gasteiger partial charge in [-0.3, -0.25) is 4.79 Å². The van der Waals surface area contributed by atoms with Crippen LogP contribution in [0.25, 0.3) is 0 Å². The molecule has 0 unspecified atom stereocenters. The van der Waals surface area contributed by atoms with Crippen molar-refractivity contribution in [3.05, 3.63) is 65.7 Å². The van der Waals surface area contributed by atoms with Crippen LogP contribution < -0.4 is 15.4 Å². The molecule has 3 rings (SSSR count). The van der Waals surface area contributed by atoms with Crippen molar-refractivity contribution in [2.45, 2.75) is 30.3 Å². The summed E-state index contributed by atoms with van der Waals surface area (Å²) in [6.45, 7) is 2.02. The highest BCUT2D eigenvalue weighted by Crippen LogP contribution is 2.10. The van der Waals surface area contributed by atoms with Gasteiger partial charge >= 0.3 is 0 Å². The molecule has 1 saturated heterocycles. The van der Waals surface area contributed by atoms with Gasteiger partial charge in [-0.15, -0.1) is 0 Å². The van der Waals surface area contributed by atoms with Crippen LogP contribution in [-0.2, 0) is 16.6 Å². The van der Waals surface area contributed by atoms with Crippen molar-refractivity contribution in [3.63, 3.8) is 0 Å². The SMILES string of the molecule is O=C(NC1CCNCC1)c1ccc(CNS(=O)(=O)c2ccccc2)cc1. The monoisotopic (exact) mass is 373 g/mol. The van der Waals surface area contributed by atoms with Crippen LogP contribution in [0.4, 0.5) is 0 Å². The van der Waals surface area contributed by atoms with E-state index >= 15 is 0 Å². The third-order valence-electron chi connectivity index (χ3n) is 4.41. The first-order chi connectivity index (χ1) is 12.5. The van der Waals surface area contributed by atoms with E-state index in [0.29, 0.717) is 5.56 Å². The molecule has 0 spiro atoms. The molecule has 3 N–H and O–H groups in total. The van der Waals surface area contributed by atoms with Gasteiger partial charge in [0.15, 0.2) is 0 Å². The summed E-state index contributed by atoms with van der Waals surface area (Å²) in [6, 6.07) is 15.4. The van der Waals surface area contributed by atoms with Crippen molar-refractivity contribution in [3.8, 4) is 0 Å². The highest BCUT2D eigenvalue weighted by Gasteiger charge is 2.16. The van der Waals surface area contributed by atoms with E-state index in [0.717, 1.165) is 31.5 Å². The molecule has 2 aromatic carbocycles. The molecule has 0 radical (unpaired) electrons. The number of hydrogen-bond acceptors (Lipinski definition) is 4. The van der Waals surface area contributed by atoms with Crippen LogP contribution in [0.3, 0.4) is 0 Å². The first kappa shape index (κ1) is 18.6. The fourth-order valence-electron chi connectivity index (χ4n) is 2.87. The van der Waals surface area contributed by atoms with E-state index in [-0.39, 0.29) is 23.4 Å². The van der Waals surface area contributed by atoms with Gasteiger partial charge in [0.25, 0.3) is 5.91 Å². The maximum Gasteiger partial charge on any atom is 0.251 e. The Morgan fingerprint density at radius 2 is 1.65 bits per heavy atom. The minimum Gasteiger partial charge on any atom is -0.349 e. The number of benzene rings is 2. The molecule has 1 aliphatic heterocycles. The van der Waals surface area contributed by atoms with E-state index in [2.05, 4.69) is 15.4 Å². The van der Waals surface area contributed by atoms with Crippen molar-refractivity contribution in [2.24, 2.45) is 0 Å². The van der Waals surface area contributed by atoms with E-state index in [1.54, 1.807) is 54.6 Å². The summed E-state index contributed by atoms with van der Waals surface area (Å²) in [5.41, 5.74) is 1.38. The normalized spacial score (nSPS) is 15.5. The van der Waals surface area contributed by atoms with Gasteiger partial charge in [-0.25, -0.2) is 13.1 Å². The molecule has 138 valence electrons. The largest absolute Gasteiger partial charge is 0.349 e. The quantitative estimate of drug-likeness (QED) is 0.718. The Bertz CT molecular complexity index is 830. The number of amides is 1. The average molecular weight is 373 g/mol. The molecule has 0 saturated carbocycles. The van der Waals surface area contributed by atoms with Crippen LogP contribution in [-0.4, -0.2) is 33.5 Å². The molecule has 0 aliphatic carbocycles.